The highest BCUT2D eigenvalue weighted by Gasteiger charge is 2.19. The monoisotopic (exact) mass is 150 g/mol. The van der Waals surface area contributed by atoms with Crippen LogP contribution < -0.4 is 0 Å². The molecule has 0 aromatic rings. The number of rotatable bonds is 1. The molecule has 0 spiro atoms. The van der Waals surface area contributed by atoms with E-state index in [4.69, 9.17) is 4.74 Å². The van der Waals surface area contributed by atoms with Crippen LogP contribution in [0, 0.1) is 0 Å². The molecule has 1 rings (SSSR count). The molecule has 0 bridgehead atoms. The fourth-order valence-electron chi connectivity index (χ4n) is 0.860. The minimum Gasteiger partial charge on any atom is -0.364 e. The highest BCUT2D eigenvalue weighted by Crippen LogP contribution is 2.22. The maximum atomic E-state index is 5.35. The zero-order valence-electron chi connectivity index (χ0n) is 4.71. The number of hydrogen-bond donors (Lipinski definition) is 1. The summed E-state index contributed by atoms with van der Waals surface area (Å²) in [5, 5.41) is 0. The summed E-state index contributed by atoms with van der Waals surface area (Å²) >= 11 is 4.17. The Balaban J connectivity index is 2.22. The van der Waals surface area contributed by atoms with Crippen molar-refractivity contribution in [3.8, 4) is 0 Å². The largest absolute Gasteiger partial charge is 0.364 e. The van der Waals surface area contributed by atoms with E-state index in [0.29, 0.717) is 6.10 Å². The molecule has 1 aliphatic heterocycles. The molecular formula is C5H11OPS. The highest BCUT2D eigenvalue weighted by atomic mass is 32.1. The summed E-state index contributed by atoms with van der Waals surface area (Å²) < 4.78 is 5.35. The molecule has 0 aromatic carbocycles. The molecule has 0 N–H and O–H groups in total. The van der Waals surface area contributed by atoms with Crippen molar-refractivity contribution in [1.82, 2.24) is 0 Å². The molecule has 1 aliphatic rings. The molecule has 1 fully saturated rings. The first-order valence-corrected chi connectivity index (χ1v) is 4.20. The van der Waals surface area contributed by atoms with E-state index >= 15 is 0 Å². The van der Waals surface area contributed by atoms with E-state index in [2.05, 4.69) is 21.9 Å². The van der Waals surface area contributed by atoms with Gasteiger partial charge in [-0.25, -0.2) is 0 Å². The van der Waals surface area contributed by atoms with Crippen LogP contribution in [0.4, 0.5) is 0 Å². The van der Waals surface area contributed by atoms with E-state index in [-0.39, 0.29) is 5.44 Å². The van der Waals surface area contributed by atoms with Gasteiger partial charge in [0.1, 0.15) is 5.44 Å². The third-order valence-electron chi connectivity index (χ3n) is 1.35. The lowest BCUT2D eigenvalue weighted by atomic mass is 10.3. The van der Waals surface area contributed by atoms with Gasteiger partial charge in [-0.2, -0.15) is 0 Å². The molecule has 1 nitrogen and oxygen atoms in total. The molecule has 0 aliphatic carbocycles. The molecule has 48 valence electrons. The average molecular weight is 150 g/mol. The fraction of sp³-hybridized carbons (Fsp3) is 1.00. The summed E-state index contributed by atoms with van der Waals surface area (Å²) in [5.41, 5.74) is 0.209. The summed E-state index contributed by atoms with van der Waals surface area (Å²) in [4.78, 5) is 0. The molecule has 1 heterocycles. The second-order valence-corrected chi connectivity index (χ2v) is 3.07. The van der Waals surface area contributed by atoms with Crippen LogP contribution in [0.5, 0.6) is 0 Å². The lowest BCUT2D eigenvalue weighted by Crippen LogP contribution is -2.07. The van der Waals surface area contributed by atoms with Gasteiger partial charge in [0.05, 0.1) is 6.10 Å². The van der Waals surface area contributed by atoms with Crippen LogP contribution in [0.15, 0.2) is 0 Å². The predicted molar refractivity (Wildman–Crippen MR) is 41.5 cm³/mol. The Bertz CT molecular complexity index is 78.8. The molecule has 0 amide bonds. The van der Waals surface area contributed by atoms with E-state index in [1.807, 2.05) is 0 Å². The first-order chi connectivity index (χ1) is 3.83. The van der Waals surface area contributed by atoms with Crippen molar-refractivity contribution in [2.45, 2.75) is 24.4 Å². The van der Waals surface area contributed by atoms with E-state index in [0.717, 1.165) is 12.6 Å². The maximum absolute atomic E-state index is 5.35. The van der Waals surface area contributed by atoms with Crippen molar-refractivity contribution in [2.24, 2.45) is 0 Å². The first kappa shape index (κ1) is 6.85. The van der Waals surface area contributed by atoms with Gasteiger partial charge in [-0.1, -0.05) is 0 Å². The van der Waals surface area contributed by atoms with Crippen molar-refractivity contribution in [3.05, 3.63) is 0 Å². The quantitative estimate of drug-likeness (QED) is 0.438. The van der Waals surface area contributed by atoms with Crippen LogP contribution in [-0.4, -0.2) is 17.7 Å². The van der Waals surface area contributed by atoms with Gasteiger partial charge in [-0.05, 0) is 19.0 Å². The van der Waals surface area contributed by atoms with Crippen LogP contribution in [0.3, 0.4) is 0 Å². The Morgan fingerprint density at radius 3 is 2.62 bits per heavy atom. The summed E-state index contributed by atoms with van der Waals surface area (Å²) in [5.74, 6) is 0. The molecule has 1 saturated heterocycles. The second-order valence-electron chi connectivity index (χ2n) is 2.03. The van der Waals surface area contributed by atoms with Gasteiger partial charge in [0.2, 0.25) is 0 Å². The van der Waals surface area contributed by atoms with E-state index in [1.54, 1.807) is 0 Å². The summed E-state index contributed by atoms with van der Waals surface area (Å²) in [6, 6.07) is 0. The van der Waals surface area contributed by atoms with Gasteiger partial charge in [0.25, 0.3) is 0 Å². The van der Waals surface area contributed by atoms with Gasteiger partial charge < -0.3 is 4.74 Å². The van der Waals surface area contributed by atoms with Crippen LogP contribution >= 0.6 is 21.9 Å². The molecule has 3 atom stereocenters. The SMILES string of the molecule is PCC1CCC(S)O1. The van der Waals surface area contributed by atoms with Gasteiger partial charge in [-0.15, -0.1) is 21.9 Å². The molecule has 0 saturated carbocycles. The van der Waals surface area contributed by atoms with Crippen LogP contribution in [0.25, 0.3) is 0 Å². The molecule has 3 heteroatoms. The van der Waals surface area contributed by atoms with Crippen molar-refractivity contribution >= 4 is 21.9 Å². The lowest BCUT2D eigenvalue weighted by Gasteiger charge is -2.05. The second kappa shape index (κ2) is 3.05. The fourth-order valence-corrected chi connectivity index (χ4v) is 1.53. The number of thiol groups is 1. The molecule has 3 unspecified atom stereocenters. The average Bonchev–Trinajstić information content (AvgIpc) is 2.14. The minimum atomic E-state index is 0.209. The smallest absolute Gasteiger partial charge is 0.100 e. The number of ether oxygens (including phenoxy) is 1. The molecule has 8 heavy (non-hydrogen) atoms. The summed E-state index contributed by atoms with van der Waals surface area (Å²) in [7, 11) is 2.68. The Morgan fingerprint density at radius 2 is 2.38 bits per heavy atom. The Hall–Kier alpha value is 0.740. The third-order valence-corrected chi connectivity index (χ3v) is 2.25. The standard InChI is InChI=1S/C5H11OPS/c7-3-4-1-2-5(8)6-4/h4-5,8H,1-3,7H2. The zero-order chi connectivity index (χ0) is 5.98. The predicted octanol–water partition coefficient (Wildman–Crippen LogP) is 1.30. The van der Waals surface area contributed by atoms with Crippen LogP contribution in [0.2, 0.25) is 0 Å². The highest BCUT2D eigenvalue weighted by molar-refractivity contribution is 7.80. The zero-order valence-corrected chi connectivity index (χ0v) is 6.76. The third kappa shape index (κ3) is 1.61. The number of hydrogen-bond acceptors (Lipinski definition) is 2. The lowest BCUT2D eigenvalue weighted by molar-refractivity contribution is 0.110. The van der Waals surface area contributed by atoms with E-state index in [9.17, 15) is 0 Å². The molecule has 0 aromatic heterocycles. The summed E-state index contributed by atoms with van der Waals surface area (Å²) in [6.07, 6.45) is 3.80. The van der Waals surface area contributed by atoms with E-state index < -0.39 is 0 Å². The van der Waals surface area contributed by atoms with Gasteiger partial charge in [-0.3, -0.25) is 0 Å². The van der Waals surface area contributed by atoms with Gasteiger partial charge in [0.15, 0.2) is 0 Å². The molecule has 0 radical (unpaired) electrons. The van der Waals surface area contributed by atoms with Gasteiger partial charge in [0, 0.05) is 0 Å². The van der Waals surface area contributed by atoms with Gasteiger partial charge >= 0.3 is 0 Å². The topological polar surface area (TPSA) is 9.23 Å². The van der Waals surface area contributed by atoms with Crippen LogP contribution in [-0.2, 0) is 4.74 Å². The van der Waals surface area contributed by atoms with Crippen molar-refractivity contribution in [2.75, 3.05) is 6.16 Å². The van der Waals surface area contributed by atoms with Crippen molar-refractivity contribution < 1.29 is 4.74 Å². The van der Waals surface area contributed by atoms with Crippen LogP contribution in [0.1, 0.15) is 12.8 Å². The summed E-state index contributed by atoms with van der Waals surface area (Å²) in [6.45, 7) is 0. The maximum Gasteiger partial charge on any atom is 0.100 e. The molecular weight excluding hydrogens is 139 g/mol. The minimum absolute atomic E-state index is 0.209. The normalized spacial score (nSPS) is 38.2. The first-order valence-electron chi connectivity index (χ1n) is 2.86. The Morgan fingerprint density at radius 1 is 1.62 bits per heavy atom. The Labute approximate surface area is 57.8 Å². The Kier molecular flexibility index (Phi) is 2.61. The van der Waals surface area contributed by atoms with Crippen molar-refractivity contribution in [1.29, 1.82) is 0 Å². The van der Waals surface area contributed by atoms with Crippen molar-refractivity contribution in [3.63, 3.8) is 0 Å². The van der Waals surface area contributed by atoms with E-state index in [1.165, 1.54) is 6.42 Å².